The van der Waals surface area contributed by atoms with Crippen molar-refractivity contribution in [1.82, 2.24) is 19.6 Å². The molecule has 0 bridgehead atoms. The number of aromatic nitrogens is 2. The summed E-state index contributed by atoms with van der Waals surface area (Å²) < 4.78 is 3.73. The molecule has 0 radical (unpaired) electrons. The summed E-state index contributed by atoms with van der Waals surface area (Å²) >= 11 is 0. The fraction of sp³-hybridized carbons (Fsp3) is 0.409. The first-order valence-electron chi connectivity index (χ1n) is 10.2. The molecule has 1 fully saturated rings. The van der Waals surface area contributed by atoms with E-state index in [1.165, 1.54) is 9.80 Å². The Morgan fingerprint density at radius 1 is 1.13 bits per heavy atom. The quantitative estimate of drug-likeness (QED) is 0.730. The number of fused-ring (bicyclic) bond motifs is 1. The van der Waals surface area contributed by atoms with Gasteiger partial charge in [0.15, 0.2) is 0 Å². The highest BCUT2D eigenvalue weighted by molar-refractivity contribution is 6.22. The molecule has 1 aromatic heterocycles. The van der Waals surface area contributed by atoms with Crippen LogP contribution >= 0.6 is 0 Å². The number of aryl methyl sites for hydroxylation is 2. The fourth-order valence-corrected chi connectivity index (χ4v) is 4.00. The summed E-state index contributed by atoms with van der Waals surface area (Å²) in [6, 6.07) is 10.5. The van der Waals surface area contributed by atoms with Crippen molar-refractivity contribution < 1.29 is 14.2 Å². The van der Waals surface area contributed by atoms with Crippen molar-refractivity contribution in [1.29, 1.82) is 0 Å². The Kier molecular flexibility index (Phi) is 5.01. The average molecular weight is 407 g/mol. The second kappa shape index (κ2) is 7.51. The molecule has 156 valence electrons. The molecule has 2 aromatic rings. The molecule has 0 aliphatic carbocycles. The molecule has 1 saturated heterocycles. The highest BCUT2D eigenvalue weighted by atomic mass is 16.2. The molecule has 1 aromatic carbocycles. The highest BCUT2D eigenvalue weighted by Gasteiger charge is 2.53. The van der Waals surface area contributed by atoms with E-state index in [1.807, 2.05) is 54.8 Å². The van der Waals surface area contributed by atoms with Gasteiger partial charge in [-0.3, -0.25) is 14.6 Å². The minimum absolute atomic E-state index is 0.234. The molecule has 0 saturated carbocycles. The number of rotatable bonds is 4. The van der Waals surface area contributed by atoms with Crippen LogP contribution in [0.1, 0.15) is 30.8 Å². The zero-order valence-electron chi connectivity index (χ0n) is 18.0. The minimum atomic E-state index is -0.641. The van der Waals surface area contributed by atoms with Crippen molar-refractivity contribution in [3.05, 3.63) is 53.3 Å². The average Bonchev–Trinajstić information content (AvgIpc) is 3.23. The van der Waals surface area contributed by atoms with Gasteiger partial charge in [-0.15, -0.1) is 9.78 Å². The maximum atomic E-state index is 13.5. The maximum absolute atomic E-state index is 13.5. The summed E-state index contributed by atoms with van der Waals surface area (Å²) in [6.45, 7) is 8.94. The summed E-state index contributed by atoms with van der Waals surface area (Å²) in [7, 11) is 1.68. The van der Waals surface area contributed by atoms with Crippen molar-refractivity contribution in [2.45, 2.75) is 40.3 Å². The van der Waals surface area contributed by atoms with E-state index >= 15 is 0 Å². The number of imide groups is 1. The van der Waals surface area contributed by atoms with Crippen LogP contribution < -0.4 is 0 Å². The van der Waals surface area contributed by atoms with Crippen molar-refractivity contribution >= 4 is 23.7 Å². The molecule has 1 atom stereocenters. The second-order valence-corrected chi connectivity index (χ2v) is 8.31. The number of hydrogen-bond acceptors (Lipinski definition) is 4. The molecule has 0 N–H and O–H groups in total. The van der Waals surface area contributed by atoms with Gasteiger partial charge in [0.05, 0.1) is 18.8 Å². The Hall–Kier alpha value is -3.29. The predicted molar refractivity (Wildman–Crippen MR) is 113 cm³/mol. The van der Waals surface area contributed by atoms with Gasteiger partial charge in [0.25, 0.3) is 5.91 Å². The number of amidine groups is 1. The first-order valence-corrected chi connectivity index (χ1v) is 10.2. The van der Waals surface area contributed by atoms with Gasteiger partial charge in [-0.25, -0.2) is 9.37 Å². The van der Waals surface area contributed by atoms with Crippen LogP contribution in [-0.2, 0) is 11.3 Å². The van der Waals surface area contributed by atoms with E-state index in [2.05, 4.69) is 18.9 Å². The van der Waals surface area contributed by atoms with Crippen LogP contribution in [0.5, 0.6) is 0 Å². The van der Waals surface area contributed by atoms with Crippen LogP contribution in [0.4, 0.5) is 4.79 Å². The van der Waals surface area contributed by atoms with E-state index in [1.54, 1.807) is 11.7 Å². The van der Waals surface area contributed by atoms with Gasteiger partial charge >= 0.3 is 12.0 Å². The molecular weight excluding hydrogens is 380 g/mol. The monoisotopic (exact) mass is 407 g/mol. The summed E-state index contributed by atoms with van der Waals surface area (Å²) in [6.07, 6.45) is 0. The third kappa shape index (κ3) is 3.32. The summed E-state index contributed by atoms with van der Waals surface area (Å²) in [5.41, 5.74) is 2.71. The first kappa shape index (κ1) is 20.0. The number of urea groups is 1. The number of nitrogens with zero attached hydrogens (tertiary/aromatic N) is 6. The summed E-state index contributed by atoms with van der Waals surface area (Å²) in [5, 5.41) is 4.57. The second-order valence-electron chi connectivity index (χ2n) is 8.31. The van der Waals surface area contributed by atoms with Crippen LogP contribution in [0.25, 0.3) is 0 Å². The lowest BCUT2D eigenvalue weighted by atomic mass is 10.1. The topological polar surface area (TPSA) is 73.8 Å². The van der Waals surface area contributed by atoms with E-state index in [4.69, 9.17) is 4.99 Å². The number of hydrogen-bond donors (Lipinski definition) is 0. The molecule has 0 spiro atoms. The van der Waals surface area contributed by atoms with Crippen molar-refractivity contribution in [2.75, 3.05) is 13.6 Å². The lowest BCUT2D eigenvalue weighted by molar-refractivity contribution is -0.543. The number of likely N-dealkylation sites (N-methyl/N-ethyl adjacent to an activating group) is 1. The van der Waals surface area contributed by atoms with Gasteiger partial charge in [0.2, 0.25) is 11.9 Å². The van der Waals surface area contributed by atoms with Gasteiger partial charge in [-0.05, 0) is 31.4 Å². The van der Waals surface area contributed by atoms with Gasteiger partial charge in [0.1, 0.15) is 5.69 Å². The van der Waals surface area contributed by atoms with Gasteiger partial charge < -0.3 is 0 Å². The maximum Gasteiger partial charge on any atom is 0.421 e. The van der Waals surface area contributed by atoms with Gasteiger partial charge in [-0.2, -0.15) is 0 Å². The highest BCUT2D eigenvalue weighted by Crippen LogP contribution is 2.23. The number of amides is 3. The summed E-state index contributed by atoms with van der Waals surface area (Å²) in [4.78, 5) is 34.1. The van der Waals surface area contributed by atoms with Crippen LogP contribution in [0.15, 0.2) is 41.4 Å². The molecule has 1 unspecified atom stereocenters. The van der Waals surface area contributed by atoms with Crippen molar-refractivity contribution in [2.24, 2.45) is 10.9 Å². The Morgan fingerprint density at radius 2 is 1.83 bits per heavy atom. The van der Waals surface area contributed by atoms with E-state index < -0.39 is 6.04 Å². The number of carbonyl (C=O) groups excluding carboxylic acids is 2. The molecule has 4 rings (SSSR count). The lowest BCUT2D eigenvalue weighted by Crippen LogP contribution is -2.62. The summed E-state index contributed by atoms with van der Waals surface area (Å²) in [5.74, 6) is 1.09. The van der Waals surface area contributed by atoms with E-state index in [9.17, 15) is 9.59 Å². The lowest BCUT2D eigenvalue weighted by Gasteiger charge is -2.34. The third-order valence-corrected chi connectivity index (χ3v) is 5.33. The van der Waals surface area contributed by atoms with Gasteiger partial charge in [-0.1, -0.05) is 49.2 Å². The van der Waals surface area contributed by atoms with Crippen molar-refractivity contribution in [3.63, 3.8) is 0 Å². The molecule has 2 aliphatic heterocycles. The SMILES string of the molecule is Cc1cc(C)n(C2=[N+](CC(C)C)C3C(=O)N(Cc4ccccc4)C(=O)N(C)C3=N2)n1. The molecule has 3 amide bonds. The largest absolute Gasteiger partial charge is 0.421 e. The van der Waals surface area contributed by atoms with Crippen LogP contribution in [0.2, 0.25) is 0 Å². The van der Waals surface area contributed by atoms with Crippen LogP contribution in [-0.4, -0.2) is 67.5 Å². The molecule has 8 heteroatoms. The number of benzene rings is 1. The zero-order chi connectivity index (χ0) is 21.6. The molecule has 2 aliphatic rings. The smallest absolute Gasteiger partial charge is 0.270 e. The van der Waals surface area contributed by atoms with Crippen LogP contribution in [0.3, 0.4) is 0 Å². The third-order valence-electron chi connectivity index (χ3n) is 5.33. The Bertz CT molecular complexity index is 1070. The van der Waals surface area contributed by atoms with E-state index in [0.717, 1.165) is 17.0 Å². The van der Waals surface area contributed by atoms with Crippen molar-refractivity contribution in [3.8, 4) is 0 Å². The molecule has 30 heavy (non-hydrogen) atoms. The molecule has 8 nitrogen and oxygen atoms in total. The zero-order valence-corrected chi connectivity index (χ0v) is 18.0. The Balaban J connectivity index is 1.79. The minimum Gasteiger partial charge on any atom is -0.270 e. The van der Waals surface area contributed by atoms with E-state index in [-0.39, 0.29) is 18.5 Å². The normalized spacial score (nSPS) is 19.1. The van der Waals surface area contributed by atoms with E-state index in [0.29, 0.717) is 24.3 Å². The fourth-order valence-electron chi connectivity index (χ4n) is 4.00. The number of carbonyl (C=O) groups is 2. The first-order chi connectivity index (χ1) is 14.3. The molecule has 3 heterocycles. The van der Waals surface area contributed by atoms with Gasteiger partial charge in [0, 0.05) is 7.05 Å². The standard InChI is InChI=1S/C22H27N6O2/c1-14(2)12-26-18-19(23-21(26)28-16(4)11-15(3)24-28)25(5)22(30)27(20(18)29)13-17-9-7-6-8-10-17/h6-11,14,18H,12-13H2,1-5H3/q+1. The number of aliphatic imine (C=N–C) groups is 1. The predicted octanol–water partition coefficient (Wildman–Crippen LogP) is 2.25. The Morgan fingerprint density at radius 3 is 2.43 bits per heavy atom. The van der Waals surface area contributed by atoms with Crippen LogP contribution in [0, 0.1) is 19.8 Å². The Labute approximate surface area is 176 Å². The molecular formula is C22H27N6O2+.